The van der Waals surface area contributed by atoms with E-state index in [9.17, 15) is 9.46 Å². The van der Waals surface area contributed by atoms with Crippen LogP contribution >= 0.6 is 7.82 Å². The van der Waals surface area contributed by atoms with E-state index >= 15 is 0 Å². The number of phosphoric acid groups is 1. The summed E-state index contributed by atoms with van der Waals surface area (Å²) in [6.45, 7) is 2.68. The molecule has 0 spiro atoms. The quantitative estimate of drug-likeness (QED) is 0.232. The fourth-order valence-corrected chi connectivity index (χ4v) is 7.84. The second kappa shape index (κ2) is 10.1. The molecule has 3 atom stereocenters. The minimum absolute atomic E-state index is 0.221. The van der Waals surface area contributed by atoms with Crippen LogP contribution in [0.15, 0.2) is 30.3 Å². The Bertz CT molecular complexity index is 810. The number of benzene rings is 1. The van der Waals surface area contributed by atoms with Gasteiger partial charge in [0, 0.05) is 6.61 Å². The van der Waals surface area contributed by atoms with Crippen LogP contribution in [-0.4, -0.2) is 56.9 Å². The van der Waals surface area contributed by atoms with Crippen molar-refractivity contribution in [3.63, 3.8) is 0 Å². The number of quaternary nitrogens is 1. The zero-order chi connectivity index (χ0) is 23.6. The average Bonchev–Trinajstić information content (AvgIpc) is 2.69. The van der Waals surface area contributed by atoms with Crippen molar-refractivity contribution in [2.45, 2.75) is 58.0 Å². The Morgan fingerprint density at radius 2 is 1.52 bits per heavy atom. The molecule has 7 heteroatoms. The maximum absolute atomic E-state index is 12.3. The van der Waals surface area contributed by atoms with Crippen molar-refractivity contribution in [3.8, 4) is 0 Å². The molecule has 4 saturated carbocycles. The molecule has 1 aromatic rings. The van der Waals surface area contributed by atoms with E-state index in [1.165, 1.54) is 44.1 Å². The minimum Gasteiger partial charge on any atom is -0.377 e. The number of hydrogen-bond acceptors (Lipinski definition) is 4. The molecule has 5 rings (SSSR count). The lowest BCUT2D eigenvalue weighted by atomic mass is 9.43. The Morgan fingerprint density at radius 3 is 2.12 bits per heavy atom. The van der Waals surface area contributed by atoms with Gasteiger partial charge in [-0.15, -0.1) is 0 Å². The first kappa shape index (κ1) is 25.3. The Hall–Kier alpha value is -0.750. The van der Waals surface area contributed by atoms with Crippen molar-refractivity contribution in [2.75, 3.05) is 47.5 Å². The Morgan fingerprint density at radius 1 is 0.939 bits per heavy atom. The molecule has 1 aromatic carbocycles. The van der Waals surface area contributed by atoms with Gasteiger partial charge in [0.2, 0.25) is 0 Å². The van der Waals surface area contributed by atoms with E-state index in [1.54, 1.807) is 0 Å². The van der Waals surface area contributed by atoms with Gasteiger partial charge < -0.3 is 14.1 Å². The highest BCUT2D eigenvalue weighted by atomic mass is 31.2. The first-order valence-corrected chi connectivity index (χ1v) is 14.1. The summed E-state index contributed by atoms with van der Waals surface area (Å²) in [4.78, 5) is 10.1. The summed E-state index contributed by atoms with van der Waals surface area (Å²) in [6, 6.07) is 10.4. The maximum Gasteiger partial charge on any atom is 0.472 e. The van der Waals surface area contributed by atoms with Crippen LogP contribution < -0.4 is 0 Å². The van der Waals surface area contributed by atoms with Gasteiger partial charge >= 0.3 is 7.82 Å². The number of hydrogen-bond donors (Lipinski definition) is 1. The molecular formula is C26H43NO5P+. The van der Waals surface area contributed by atoms with E-state index in [2.05, 4.69) is 24.3 Å². The average molecular weight is 481 g/mol. The highest BCUT2D eigenvalue weighted by Gasteiger charge is 2.57. The van der Waals surface area contributed by atoms with E-state index in [-0.39, 0.29) is 12.0 Å². The largest absolute Gasteiger partial charge is 0.472 e. The van der Waals surface area contributed by atoms with Gasteiger partial charge in [-0.1, -0.05) is 30.3 Å². The highest BCUT2D eigenvalue weighted by molar-refractivity contribution is 7.47. The lowest BCUT2D eigenvalue weighted by Gasteiger charge is -2.62. The summed E-state index contributed by atoms with van der Waals surface area (Å²) in [5.41, 5.74) is 1.87. The van der Waals surface area contributed by atoms with Crippen LogP contribution in [0.3, 0.4) is 0 Å². The van der Waals surface area contributed by atoms with E-state index in [1.807, 2.05) is 27.2 Å². The van der Waals surface area contributed by atoms with Gasteiger partial charge in [0.25, 0.3) is 0 Å². The predicted molar refractivity (Wildman–Crippen MR) is 130 cm³/mol. The second-order valence-corrected chi connectivity index (χ2v) is 13.6. The molecule has 4 bridgehead atoms. The number of likely N-dealkylation sites (N-methyl/N-ethyl adjacent to an activating group) is 1. The van der Waals surface area contributed by atoms with Gasteiger partial charge in [-0.2, -0.15) is 0 Å². The SMILES string of the molecule is C[N+](C)(C)CCOP(=O)(O)OCCC12CC3CC(CC(CCOCc4ccccc4)(C3)C1)C2. The number of ether oxygens (including phenoxy) is 1. The van der Waals surface area contributed by atoms with Crippen molar-refractivity contribution in [1.29, 1.82) is 0 Å². The predicted octanol–water partition coefficient (Wildman–Crippen LogP) is 5.41. The number of nitrogens with zero attached hydrogens (tertiary/aromatic N) is 1. The van der Waals surface area contributed by atoms with Crippen molar-refractivity contribution in [2.24, 2.45) is 22.7 Å². The number of phosphoric ester groups is 1. The van der Waals surface area contributed by atoms with E-state index in [0.717, 1.165) is 31.3 Å². The first-order valence-electron chi connectivity index (χ1n) is 12.6. The fourth-order valence-electron chi connectivity index (χ4n) is 7.13. The normalized spacial score (nSPS) is 32.7. The summed E-state index contributed by atoms with van der Waals surface area (Å²) < 4.78 is 29.7. The third-order valence-electron chi connectivity index (χ3n) is 8.10. The standard InChI is InChI=1S/C26H42NO5P/c1-27(2,3)11-14-32-33(28,29)31-13-10-26-18-23-15-24(19-26)17-25(16-23,21-26)9-12-30-20-22-7-5-4-6-8-22/h4-8,23-24H,9-21H2,1-3H3/p+1. The van der Waals surface area contributed by atoms with Crippen LogP contribution in [0.1, 0.15) is 56.9 Å². The van der Waals surface area contributed by atoms with Crippen LogP contribution in [0, 0.1) is 22.7 Å². The van der Waals surface area contributed by atoms with E-state index in [4.69, 9.17) is 13.8 Å². The van der Waals surface area contributed by atoms with Gasteiger partial charge in [0.05, 0.1) is 34.4 Å². The van der Waals surface area contributed by atoms with Crippen LogP contribution in [0.25, 0.3) is 0 Å². The molecule has 3 unspecified atom stereocenters. The Balaban J connectivity index is 1.26. The van der Waals surface area contributed by atoms with Crippen molar-refractivity contribution >= 4 is 7.82 Å². The van der Waals surface area contributed by atoms with Crippen LogP contribution in [-0.2, 0) is 25.0 Å². The molecule has 6 nitrogen and oxygen atoms in total. The van der Waals surface area contributed by atoms with Gasteiger partial charge in [0.1, 0.15) is 13.2 Å². The molecule has 0 saturated heterocycles. The fraction of sp³-hybridized carbons (Fsp3) is 0.769. The molecule has 4 fully saturated rings. The molecule has 0 aromatic heterocycles. The summed E-state index contributed by atoms with van der Waals surface area (Å²) in [6.07, 6.45) is 9.71. The smallest absolute Gasteiger partial charge is 0.377 e. The molecule has 186 valence electrons. The molecule has 0 aliphatic heterocycles. The molecule has 0 heterocycles. The topological polar surface area (TPSA) is 65.0 Å². The van der Waals surface area contributed by atoms with Crippen molar-refractivity contribution < 1.29 is 27.7 Å². The molecule has 4 aliphatic rings. The minimum atomic E-state index is -3.99. The summed E-state index contributed by atoms with van der Waals surface area (Å²) >= 11 is 0. The summed E-state index contributed by atoms with van der Waals surface area (Å²) in [7, 11) is 2.10. The van der Waals surface area contributed by atoms with Crippen LogP contribution in [0.2, 0.25) is 0 Å². The third-order valence-corrected chi connectivity index (χ3v) is 9.11. The van der Waals surface area contributed by atoms with Crippen LogP contribution in [0.4, 0.5) is 0 Å². The van der Waals surface area contributed by atoms with Crippen molar-refractivity contribution in [1.82, 2.24) is 0 Å². The molecule has 4 aliphatic carbocycles. The summed E-state index contributed by atoms with van der Waals surface area (Å²) in [5.74, 6) is 1.59. The van der Waals surface area contributed by atoms with Crippen molar-refractivity contribution in [3.05, 3.63) is 35.9 Å². The monoisotopic (exact) mass is 480 g/mol. The van der Waals surface area contributed by atoms with Gasteiger partial charge in [-0.05, 0) is 79.6 Å². The molecular weight excluding hydrogens is 437 g/mol. The first-order chi connectivity index (χ1) is 15.6. The highest BCUT2D eigenvalue weighted by Crippen LogP contribution is 2.67. The second-order valence-electron chi connectivity index (χ2n) is 12.1. The van der Waals surface area contributed by atoms with E-state index in [0.29, 0.717) is 29.7 Å². The summed E-state index contributed by atoms with van der Waals surface area (Å²) in [5, 5.41) is 0. The van der Waals surface area contributed by atoms with Crippen LogP contribution in [0.5, 0.6) is 0 Å². The lowest BCUT2D eigenvalue weighted by Crippen LogP contribution is -2.52. The van der Waals surface area contributed by atoms with E-state index < -0.39 is 7.82 Å². The van der Waals surface area contributed by atoms with Gasteiger partial charge in [-0.25, -0.2) is 4.57 Å². The molecule has 0 radical (unpaired) electrons. The maximum atomic E-state index is 12.3. The molecule has 1 N–H and O–H groups in total. The zero-order valence-electron chi connectivity index (χ0n) is 20.7. The zero-order valence-corrected chi connectivity index (χ0v) is 21.6. The lowest BCUT2D eigenvalue weighted by molar-refractivity contribution is -0.870. The van der Waals surface area contributed by atoms with Gasteiger partial charge in [0.15, 0.2) is 0 Å². The number of rotatable bonds is 13. The molecule has 33 heavy (non-hydrogen) atoms. The Kier molecular flexibility index (Phi) is 7.75. The molecule has 0 amide bonds. The Labute approximate surface area is 199 Å². The third kappa shape index (κ3) is 7.13. The van der Waals surface area contributed by atoms with Gasteiger partial charge in [-0.3, -0.25) is 9.05 Å².